The van der Waals surface area contributed by atoms with Gasteiger partial charge in [0.1, 0.15) is 5.54 Å². The summed E-state index contributed by atoms with van der Waals surface area (Å²) in [7, 11) is 3.26. The van der Waals surface area contributed by atoms with Gasteiger partial charge < -0.3 is 15.0 Å². The highest BCUT2D eigenvalue weighted by Gasteiger charge is 2.35. The lowest BCUT2D eigenvalue weighted by molar-refractivity contribution is -0.148. The highest BCUT2D eigenvalue weighted by Crippen LogP contribution is 2.27. The van der Waals surface area contributed by atoms with Gasteiger partial charge in [-0.25, -0.2) is 0 Å². The lowest BCUT2D eigenvalue weighted by atomic mass is 9.85. The van der Waals surface area contributed by atoms with Gasteiger partial charge in [0.2, 0.25) is 0 Å². The molecule has 1 aliphatic rings. The van der Waals surface area contributed by atoms with Crippen LogP contribution >= 0.6 is 0 Å². The molecule has 0 aromatic heterocycles. The second-order valence-electron chi connectivity index (χ2n) is 5.20. The molecule has 0 aliphatic heterocycles. The average molecular weight is 242 g/mol. The van der Waals surface area contributed by atoms with E-state index in [9.17, 15) is 4.79 Å². The molecule has 0 amide bonds. The molecule has 4 heteroatoms. The van der Waals surface area contributed by atoms with Crippen molar-refractivity contribution in [3.63, 3.8) is 0 Å². The molecule has 100 valence electrons. The molecule has 1 fully saturated rings. The minimum Gasteiger partial charge on any atom is -0.468 e. The first-order chi connectivity index (χ1) is 8.05. The predicted octanol–water partition coefficient (Wildman–Crippen LogP) is 1.26. The van der Waals surface area contributed by atoms with Gasteiger partial charge in [-0.05, 0) is 39.3 Å². The van der Waals surface area contributed by atoms with Crippen molar-refractivity contribution in [3.8, 4) is 0 Å². The van der Waals surface area contributed by atoms with Crippen molar-refractivity contribution < 1.29 is 9.53 Å². The Morgan fingerprint density at radius 3 is 2.53 bits per heavy atom. The summed E-state index contributed by atoms with van der Waals surface area (Å²) in [6, 6.07) is 0. The van der Waals surface area contributed by atoms with Crippen LogP contribution in [0.4, 0.5) is 0 Å². The van der Waals surface area contributed by atoms with Crippen molar-refractivity contribution in [1.29, 1.82) is 0 Å². The summed E-state index contributed by atoms with van der Waals surface area (Å²) in [4.78, 5) is 14.1. The van der Waals surface area contributed by atoms with E-state index < -0.39 is 5.54 Å². The van der Waals surface area contributed by atoms with Gasteiger partial charge in [0, 0.05) is 13.1 Å². The van der Waals surface area contributed by atoms with Gasteiger partial charge >= 0.3 is 5.97 Å². The number of likely N-dealkylation sites (N-methyl/N-ethyl adjacent to an activating group) is 2. The predicted molar refractivity (Wildman–Crippen MR) is 68.9 cm³/mol. The summed E-state index contributed by atoms with van der Waals surface area (Å²) in [5.74, 6) is 0.640. The van der Waals surface area contributed by atoms with Crippen LogP contribution in [0.25, 0.3) is 0 Å². The maximum Gasteiger partial charge on any atom is 0.327 e. The van der Waals surface area contributed by atoms with E-state index >= 15 is 0 Å². The van der Waals surface area contributed by atoms with Crippen LogP contribution in [-0.2, 0) is 9.53 Å². The van der Waals surface area contributed by atoms with Crippen LogP contribution in [0.15, 0.2) is 0 Å². The molecule has 0 spiro atoms. The largest absolute Gasteiger partial charge is 0.468 e. The third-order valence-corrected chi connectivity index (χ3v) is 3.92. The van der Waals surface area contributed by atoms with Gasteiger partial charge in [-0.3, -0.25) is 4.79 Å². The van der Waals surface area contributed by atoms with E-state index in [1.165, 1.54) is 26.4 Å². The summed E-state index contributed by atoms with van der Waals surface area (Å²) in [5.41, 5.74) is -0.603. The van der Waals surface area contributed by atoms with Crippen molar-refractivity contribution in [1.82, 2.24) is 10.2 Å². The number of esters is 1. The van der Waals surface area contributed by atoms with Gasteiger partial charge in [0.25, 0.3) is 0 Å². The average Bonchev–Trinajstić information content (AvgIpc) is 2.30. The van der Waals surface area contributed by atoms with E-state index in [0.29, 0.717) is 6.54 Å². The first-order valence-electron chi connectivity index (χ1n) is 6.55. The van der Waals surface area contributed by atoms with Gasteiger partial charge in [0.15, 0.2) is 0 Å². The van der Waals surface area contributed by atoms with Crippen molar-refractivity contribution in [2.24, 2.45) is 5.92 Å². The molecule has 1 rings (SSSR count). The van der Waals surface area contributed by atoms with Gasteiger partial charge in [0.05, 0.1) is 7.11 Å². The number of ether oxygens (including phenoxy) is 1. The molecule has 0 saturated heterocycles. The molecule has 0 aromatic carbocycles. The van der Waals surface area contributed by atoms with Crippen LogP contribution < -0.4 is 5.32 Å². The SMILES string of the molecule is CCN(CC1CCC1)CC(C)(NC)C(=O)OC. The Bertz CT molecular complexity index is 254. The van der Waals surface area contributed by atoms with E-state index in [-0.39, 0.29) is 5.97 Å². The highest BCUT2D eigenvalue weighted by atomic mass is 16.5. The summed E-state index contributed by atoms with van der Waals surface area (Å²) in [5, 5.41) is 3.09. The van der Waals surface area contributed by atoms with E-state index in [0.717, 1.165) is 19.0 Å². The minimum absolute atomic E-state index is 0.188. The molecule has 17 heavy (non-hydrogen) atoms. The Labute approximate surface area is 105 Å². The summed E-state index contributed by atoms with van der Waals surface area (Å²) in [6.07, 6.45) is 4.04. The summed E-state index contributed by atoms with van der Waals surface area (Å²) < 4.78 is 4.87. The number of rotatable bonds is 7. The molecule has 1 saturated carbocycles. The van der Waals surface area contributed by atoms with Crippen molar-refractivity contribution in [3.05, 3.63) is 0 Å². The van der Waals surface area contributed by atoms with Crippen molar-refractivity contribution in [2.75, 3.05) is 33.8 Å². The number of carbonyl (C=O) groups excluding carboxylic acids is 1. The lowest BCUT2D eigenvalue weighted by Gasteiger charge is -2.36. The maximum atomic E-state index is 11.8. The monoisotopic (exact) mass is 242 g/mol. The first kappa shape index (κ1) is 14.5. The van der Waals surface area contributed by atoms with E-state index in [1.54, 1.807) is 0 Å². The molecule has 0 heterocycles. The van der Waals surface area contributed by atoms with E-state index in [4.69, 9.17) is 4.74 Å². The third kappa shape index (κ3) is 3.68. The Kier molecular flexibility index (Phi) is 5.40. The number of hydrogen-bond donors (Lipinski definition) is 1. The molecule has 1 aliphatic carbocycles. The molecule has 0 bridgehead atoms. The maximum absolute atomic E-state index is 11.8. The molecular weight excluding hydrogens is 216 g/mol. The number of nitrogens with zero attached hydrogens (tertiary/aromatic N) is 1. The molecular formula is C13H26N2O2. The first-order valence-corrected chi connectivity index (χ1v) is 6.55. The fourth-order valence-corrected chi connectivity index (χ4v) is 2.26. The smallest absolute Gasteiger partial charge is 0.327 e. The van der Waals surface area contributed by atoms with Crippen LogP contribution in [0.1, 0.15) is 33.1 Å². The number of methoxy groups -OCH3 is 1. The van der Waals surface area contributed by atoms with Crippen LogP contribution in [0, 0.1) is 5.92 Å². The Balaban J connectivity index is 2.53. The Morgan fingerprint density at radius 1 is 1.53 bits per heavy atom. The summed E-state index contributed by atoms with van der Waals surface area (Å²) in [6.45, 7) is 6.84. The Hall–Kier alpha value is -0.610. The second kappa shape index (κ2) is 6.36. The highest BCUT2D eigenvalue weighted by molar-refractivity contribution is 5.80. The van der Waals surface area contributed by atoms with Crippen LogP contribution in [-0.4, -0.2) is 50.2 Å². The molecule has 0 radical (unpaired) electrons. The second-order valence-corrected chi connectivity index (χ2v) is 5.20. The van der Waals surface area contributed by atoms with Crippen molar-refractivity contribution >= 4 is 5.97 Å². The number of carbonyl (C=O) groups is 1. The normalized spacial score (nSPS) is 19.8. The number of nitrogens with one attached hydrogen (secondary N) is 1. The summed E-state index contributed by atoms with van der Waals surface area (Å²) >= 11 is 0. The number of hydrogen-bond acceptors (Lipinski definition) is 4. The van der Waals surface area contributed by atoms with Crippen LogP contribution in [0.2, 0.25) is 0 Å². The van der Waals surface area contributed by atoms with E-state index in [2.05, 4.69) is 17.1 Å². The molecule has 1 unspecified atom stereocenters. The quantitative estimate of drug-likeness (QED) is 0.682. The van der Waals surface area contributed by atoms with Gasteiger partial charge in [-0.1, -0.05) is 13.3 Å². The zero-order valence-corrected chi connectivity index (χ0v) is 11.6. The molecule has 1 atom stereocenters. The zero-order valence-electron chi connectivity index (χ0n) is 11.6. The molecule has 4 nitrogen and oxygen atoms in total. The fourth-order valence-electron chi connectivity index (χ4n) is 2.26. The lowest BCUT2D eigenvalue weighted by Crippen LogP contribution is -2.56. The fraction of sp³-hybridized carbons (Fsp3) is 0.923. The topological polar surface area (TPSA) is 41.6 Å². The standard InChI is InChI=1S/C13H26N2O2/c1-5-15(9-11-7-6-8-11)10-13(2,14-3)12(16)17-4/h11,14H,5-10H2,1-4H3. The minimum atomic E-state index is -0.603. The third-order valence-electron chi connectivity index (χ3n) is 3.92. The van der Waals surface area contributed by atoms with Gasteiger partial charge in [-0.2, -0.15) is 0 Å². The molecule has 1 N–H and O–H groups in total. The Morgan fingerprint density at radius 2 is 2.18 bits per heavy atom. The van der Waals surface area contributed by atoms with Crippen molar-refractivity contribution in [2.45, 2.75) is 38.6 Å². The van der Waals surface area contributed by atoms with E-state index in [1.807, 2.05) is 14.0 Å². The molecule has 0 aromatic rings. The van der Waals surface area contributed by atoms with Crippen LogP contribution in [0.3, 0.4) is 0 Å². The van der Waals surface area contributed by atoms with Gasteiger partial charge in [-0.15, -0.1) is 0 Å². The zero-order chi connectivity index (χ0) is 12.9. The van der Waals surface area contributed by atoms with Crippen LogP contribution in [0.5, 0.6) is 0 Å².